The van der Waals surface area contributed by atoms with Crippen LogP contribution in [0.15, 0.2) is 42.5 Å². The van der Waals surface area contributed by atoms with Crippen molar-refractivity contribution in [3.63, 3.8) is 0 Å². The van der Waals surface area contributed by atoms with Gasteiger partial charge < -0.3 is 15.2 Å². The molecule has 130 valence electrons. The molecule has 1 atom stereocenters. The third-order valence-corrected chi connectivity index (χ3v) is 3.65. The van der Waals surface area contributed by atoms with Crippen LogP contribution in [0.5, 0.6) is 5.75 Å². The maximum atomic E-state index is 12.6. The van der Waals surface area contributed by atoms with Crippen LogP contribution in [0.2, 0.25) is 0 Å². The molecule has 0 bridgehead atoms. The van der Waals surface area contributed by atoms with E-state index in [4.69, 9.17) is 4.74 Å². The molecule has 6 heteroatoms. The van der Waals surface area contributed by atoms with Crippen molar-refractivity contribution in [2.24, 2.45) is 0 Å². The number of halogens is 3. The number of aliphatic hydroxyl groups is 1. The van der Waals surface area contributed by atoms with Crippen LogP contribution in [0.4, 0.5) is 18.9 Å². The molecule has 0 amide bonds. The van der Waals surface area contributed by atoms with Crippen molar-refractivity contribution in [1.82, 2.24) is 0 Å². The number of ether oxygens (including phenoxy) is 1. The highest BCUT2D eigenvalue weighted by Crippen LogP contribution is 2.31. The summed E-state index contributed by atoms with van der Waals surface area (Å²) in [5, 5.41) is 12.6. The highest BCUT2D eigenvalue weighted by molar-refractivity contribution is 5.52. The molecule has 0 radical (unpaired) electrons. The van der Waals surface area contributed by atoms with Crippen molar-refractivity contribution in [1.29, 1.82) is 0 Å². The topological polar surface area (TPSA) is 41.5 Å². The third-order valence-electron chi connectivity index (χ3n) is 3.65. The molecular formula is C18H20F3NO2. The van der Waals surface area contributed by atoms with Crippen LogP contribution in [0.1, 0.15) is 36.6 Å². The Kier molecular flexibility index (Phi) is 5.72. The van der Waals surface area contributed by atoms with Crippen LogP contribution in [-0.2, 0) is 12.8 Å². The monoisotopic (exact) mass is 339 g/mol. The third kappa shape index (κ3) is 4.41. The molecular weight excluding hydrogens is 319 g/mol. The van der Waals surface area contributed by atoms with Crippen molar-refractivity contribution < 1.29 is 23.0 Å². The second-order valence-electron chi connectivity index (χ2n) is 5.40. The van der Waals surface area contributed by atoms with E-state index in [2.05, 4.69) is 5.32 Å². The minimum atomic E-state index is -4.33. The van der Waals surface area contributed by atoms with Gasteiger partial charge >= 0.3 is 6.18 Å². The molecule has 24 heavy (non-hydrogen) atoms. The molecule has 0 saturated carbocycles. The van der Waals surface area contributed by atoms with Gasteiger partial charge in [-0.3, -0.25) is 0 Å². The molecule has 2 N–H and O–H groups in total. The quantitative estimate of drug-likeness (QED) is 0.796. The molecule has 0 heterocycles. The molecule has 3 nitrogen and oxygen atoms in total. The summed E-state index contributed by atoms with van der Waals surface area (Å²) in [5.74, 6) is 0.618. The Morgan fingerprint density at radius 3 is 2.33 bits per heavy atom. The first-order valence-corrected chi connectivity index (χ1v) is 7.65. The largest absolute Gasteiger partial charge is 0.494 e. The normalized spacial score (nSPS) is 12.8. The molecule has 0 aliphatic heterocycles. The molecule has 2 rings (SSSR count). The first-order chi connectivity index (χ1) is 11.3. The van der Waals surface area contributed by atoms with Gasteiger partial charge in [0, 0.05) is 17.3 Å². The number of rotatable bonds is 6. The lowest BCUT2D eigenvalue weighted by Crippen LogP contribution is -2.09. The summed E-state index contributed by atoms with van der Waals surface area (Å²) >= 11 is 0. The zero-order valence-corrected chi connectivity index (χ0v) is 13.5. The smallest absolute Gasteiger partial charge is 0.416 e. The Bertz CT molecular complexity index is 669. The standard InChI is InChI=1S/C18H20F3NO2/c1-3-24-17-9-8-16(10-14(17)11-23)22-12(2)13-4-6-15(7-5-13)18(19,20)21/h4-10,12,22-23H,3,11H2,1-2H3. The number of hydrogen-bond donors (Lipinski definition) is 2. The number of nitrogens with one attached hydrogen (secondary N) is 1. The van der Waals surface area contributed by atoms with E-state index in [1.165, 1.54) is 12.1 Å². The van der Waals surface area contributed by atoms with E-state index in [1.807, 2.05) is 19.9 Å². The molecule has 1 unspecified atom stereocenters. The van der Waals surface area contributed by atoms with Crippen molar-refractivity contribution >= 4 is 5.69 Å². The summed E-state index contributed by atoms with van der Waals surface area (Å²) in [7, 11) is 0. The summed E-state index contributed by atoms with van der Waals surface area (Å²) in [5.41, 5.74) is 1.49. The second kappa shape index (κ2) is 7.57. The van der Waals surface area contributed by atoms with E-state index >= 15 is 0 Å². The molecule has 0 fully saturated rings. The molecule has 0 saturated heterocycles. The van der Waals surface area contributed by atoms with Crippen LogP contribution >= 0.6 is 0 Å². The van der Waals surface area contributed by atoms with E-state index < -0.39 is 11.7 Å². The summed E-state index contributed by atoms with van der Waals surface area (Å²) in [6, 6.07) is 10.2. The van der Waals surface area contributed by atoms with E-state index in [1.54, 1.807) is 12.1 Å². The average molecular weight is 339 g/mol. The minimum Gasteiger partial charge on any atom is -0.494 e. The summed E-state index contributed by atoms with van der Waals surface area (Å²) in [6.07, 6.45) is -4.33. The van der Waals surface area contributed by atoms with Crippen LogP contribution in [-0.4, -0.2) is 11.7 Å². The highest BCUT2D eigenvalue weighted by atomic mass is 19.4. The number of benzene rings is 2. The zero-order chi connectivity index (χ0) is 17.7. The van der Waals surface area contributed by atoms with Gasteiger partial charge in [0.1, 0.15) is 5.75 Å². The first-order valence-electron chi connectivity index (χ1n) is 7.65. The maximum Gasteiger partial charge on any atom is 0.416 e. The van der Waals surface area contributed by atoms with Gasteiger partial charge in [-0.1, -0.05) is 12.1 Å². The van der Waals surface area contributed by atoms with Crippen LogP contribution in [0.3, 0.4) is 0 Å². The van der Waals surface area contributed by atoms with Gasteiger partial charge in [-0.25, -0.2) is 0 Å². The van der Waals surface area contributed by atoms with E-state index in [-0.39, 0.29) is 12.6 Å². The second-order valence-corrected chi connectivity index (χ2v) is 5.40. The summed E-state index contributed by atoms with van der Waals surface area (Å²) < 4.78 is 43.2. The fourth-order valence-electron chi connectivity index (χ4n) is 2.38. The van der Waals surface area contributed by atoms with Crippen LogP contribution < -0.4 is 10.1 Å². The van der Waals surface area contributed by atoms with Crippen molar-refractivity contribution in [2.75, 3.05) is 11.9 Å². The summed E-state index contributed by atoms with van der Waals surface area (Å²) in [4.78, 5) is 0. The van der Waals surface area contributed by atoms with Crippen molar-refractivity contribution in [2.45, 2.75) is 32.7 Å². The summed E-state index contributed by atoms with van der Waals surface area (Å²) in [6.45, 7) is 4.07. The predicted molar refractivity (Wildman–Crippen MR) is 87.0 cm³/mol. The van der Waals surface area contributed by atoms with Gasteiger partial charge in [0.2, 0.25) is 0 Å². The van der Waals surface area contributed by atoms with Gasteiger partial charge in [-0.15, -0.1) is 0 Å². The molecule has 0 aliphatic carbocycles. The fourth-order valence-corrected chi connectivity index (χ4v) is 2.38. The molecule has 2 aromatic carbocycles. The van der Waals surface area contributed by atoms with Gasteiger partial charge in [-0.2, -0.15) is 13.2 Å². The number of aliphatic hydroxyl groups excluding tert-OH is 1. The van der Waals surface area contributed by atoms with Gasteiger partial charge in [0.05, 0.1) is 18.8 Å². The van der Waals surface area contributed by atoms with Crippen LogP contribution in [0.25, 0.3) is 0 Å². The fraction of sp³-hybridized carbons (Fsp3) is 0.333. The Balaban J connectivity index is 2.13. The molecule has 2 aromatic rings. The Labute approximate surface area is 139 Å². The maximum absolute atomic E-state index is 12.6. The van der Waals surface area contributed by atoms with E-state index in [9.17, 15) is 18.3 Å². The molecule has 0 aromatic heterocycles. The SMILES string of the molecule is CCOc1ccc(NC(C)c2ccc(C(F)(F)F)cc2)cc1CO. The molecule has 0 aliphatic rings. The number of alkyl halides is 3. The average Bonchev–Trinajstić information content (AvgIpc) is 2.55. The van der Waals surface area contributed by atoms with Crippen molar-refractivity contribution in [3.05, 3.63) is 59.2 Å². The number of anilines is 1. The van der Waals surface area contributed by atoms with Crippen LogP contribution in [0, 0.1) is 0 Å². The first kappa shape index (κ1) is 18.1. The molecule has 0 spiro atoms. The lowest BCUT2D eigenvalue weighted by molar-refractivity contribution is -0.137. The number of hydrogen-bond acceptors (Lipinski definition) is 3. The van der Waals surface area contributed by atoms with Gasteiger partial charge in [0.25, 0.3) is 0 Å². The van der Waals surface area contributed by atoms with Gasteiger partial charge in [0.15, 0.2) is 0 Å². The minimum absolute atomic E-state index is 0.153. The Morgan fingerprint density at radius 1 is 1.12 bits per heavy atom. The van der Waals surface area contributed by atoms with Crippen molar-refractivity contribution in [3.8, 4) is 5.75 Å². The highest BCUT2D eigenvalue weighted by Gasteiger charge is 2.30. The predicted octanol–water partition coefficient (Wildman–Crippen LogP) is 4.77. The van der Waals surface area contributed by atoms with E-state index in [0.717, 1.165) is 23.4 Å². The Hall–Kier alpha value is -2.21. The van der Waals surface area contributed by atoms with E-state index in [0.29, 0.717) is 17.9 Å². The Morgan fingerprint density at radius 2 is 1.79 bits per heavy atom. The lowest BCUT2D eigenvalue weighted by Gasteiger charge is -2.18. The lowest BCUT2D eigenvalue weighted by atomic mass is 10.1. The van der Waals surface area contributed by atoms with Gasteiger partial charge in [-0.05, 0) is 49.7 Å². The zero-order valence-electron chi connectivity index (χ0n) is 13.5.